The van der Waals surface area contributed by atoms with Gasteiger partial charge in [0.05, 0.1) is 0 Å². The zero-order valence-electron chi connectivity index (χ0n) is 7.55. The van der Waals surface area contributed by atoms with Crippen molar-refractivity contribution in [1.29, 1.82) is 0 Å². The molecule has 0 aromatic heterocycles. The third-order valence-corrected chi connectivity index (χ3v) is 3.34. The molecule has 1 saturated carbocycles. The molecule has 2 rings (SSSR count). The second-order valence-corrected chi connectivity index (χ2v) is 4.87. The molecule has 1 aromatic rings. The number of rotatable bonds is 2. The first-order chi connectivity index (χ1) is 6.16. The monoisotopic (exact) mass is 288 g/mol. The molecule has 0 radical (unpaired) electrons. The molecule has 1 fully saturated rings. The van der Waals surface area contributed by atoms with Gasteiger partial charge in [-0.1, -0.05) is 6.92 Å². The number of hydrogen-bond acceptors (Lipinski definition) is 2. The summed E-state index contributed by atoms with van der Waals surface area (Å²) in [7, 11) is 0. The highest BCUT2D eigenvalue weighted by atomic mass is 127. The van der Waals surface area contributed by atoms with E-state index in [1.165, 1.54) is 15.7 Å². The quantitative estimate of drug-likeness (QED) is 0.648. The third kappa shape index (κ3) is 2.07. The molecule has 13 heavy (non-hydrogen) atoms. The van der Waals surface area contributed by atoms with Crippen LogP contribution in [-0.2, 0) is 0 Å². The Bertz CT molecular complexity index is 325. The minimum absolute atomic E-state index is 0.678. The largest absolute Gasteiger partial charge is 0.399 e. The van der Waals surface area contributed by atoms with E-state index in [2.05, 4.69) is 40.9 Å². The molecule has 2 atom stereocenters. The van der Waals surface area contributed by atoms with Crippen molar-refractivity contribution >= 4 is 34.0 Å². The van der Waals surface area contributed by atoms with Crippen molar-refractivity contribution in [3.05, 3.63) is 21.8 Å². The zero-order chi connectivity index (χ0) is 9.42. The van der Waals surface area contributed by atoms with Crippen molar-refractivity contribution < 1.29 is 0 Å². The topological polar surface area (TPSA) is 38.0 Å². The van der Waals surface area contributed by atoms with E-state index >= 15 is 0 Å². The molecule has 1 aromatic carbocycles. The molecule has 0 heterocycles. The van der Waals surface area contributed by atoms with Crippen LogP contribution in [0.1, 0.15) is 13.3 Å². The van der Waals surface area contributed by atoms with E-state index in [9.17, 15) is 0 Å². The summed E-state index contributed by atoms with van der Waals surface area (Å²) in [5.74, 6) is 0.827. The lowest BCUT2D eigenvalue weighted by atomic mass is 10.3. The van der Waals surface area contributed by atoms with E-state index in [4.69, 9.17) is 5.73 Å². The van der Waals surface area contributed by atoms with Crippen LogP contribution in [0.3, 0.4) is 0 Å². The number of hydrogen-bond donors (Lipinski definition) is 2. The first kappa shape index (κ1) is 9.12. The molecule has 0 saturated heterocycles. The Morgan fingerprint density at radius 2 is 2.23 bits per heavy atom. The van der Waals surface area contributed by atoms with E-state index < -0.39 is 0 Å². The highest BCUT2D eigenvalue weighted by molar-refractivity contribution is 14.1. The van der Waals surface area contributed by atoms with Crippen molar-refractivity contribution in [3.63, 3.8) is 0 Å². The van der Waals surface area contributed by atoms with Gasteiger partial charge < -0.3 is 11.1 Å². The SMILES string of the molecule is CC1CC1Nc1ccc(N)cc1I. The summed E-state index contributed by atoms with van der Waals surface area (Å²) in [5.41, 5.74) is 7.71. The van der Waals surface area contributed by atoms with Gasteiger partial charge in [-0.15, -0.1) is 0 Å². The van der Waals surface area contributed by atoms with E-state index in [1.807, 2.05) is 12.1 Å². The molecule has 0 aliphatic heterocycles. The summed E-state index contributed by atoms with van der Waals surface area (Å²) in [6, 6.07) is 6.67. The van der Waals surface area contributed by atoms with Crippen LogP contribution in [0.4, 0.5) is 11.4 Å². The number of halogens is 1. The number of anilines is 2. The fraction of sp³-hybridized carbons (Fsp3) is 0.400. The van der Waals surface area contributed by atoms with Crippen molar-refractivity contribution in [3.8, 4) is 0 Å². The van der Waals surface area contributed by atoms with Crippen molar-refractivity contribution in [2.24, 2.45) is 5.92 Å². The molecule has 3 heteroatoms. The lowest BCUT2D eigenvalue weighted by Crippen LogP contribution is -2.05. The smallest absolute Gasteiger partial charge is 0.0479 e. The minimum atomic E-state index is 0.678. The van der Waals surface area contributed by atoms with Crippen LogP contribution in [-0.4, -0.2) is 6.04 Å². The van der Waals surface area contributed by atoms with E-state index in [0.29, 0.717) is 6.04 Å². The second-order valence-electron chi connectivity index (χ2n) is 3.70. The Morgan fingerprint density at radius 3 is 2.77 bits per heavy atom. The van der Waals surface area contributed by atoms with Crippen LogP contribution < -0.4 is 11.1 Å². The van der Waals surface area contributed by atoms with Gasteiger partial charge in [-0.05, 0) is 53.1 Å². The molecule has 0 spiro atoms. The minimum Gasteiger partial charge on any atom is -0.399 e. The first-order valence-electron chi connectivity index (χ1n) is 4.48. The number of nitrogen functional groups attached to an aromatic ring is 1. The van der Waals surface area contributed by atoms with Crippen LogP contribution in [0.5, 0.6) is 0 Å². The summed E-state index contributed by atoms with van der Waals surface area (Å²) < 4.78 is 1.21. The average molecular weight is 288 g/mol. The molecule has 2 unspecified atom stereocenters. The van der Waals surface area contributed by atoms with Gasteiger partial charge >= 0.3 is 0 Å². The predicted octanol–water partition coefficient (Wildman–Crippen LogP) is 2.69. The lowest BCUT2D eigenvalue weighted by molar-refractivity contribution is 0.929. The maximum absolute atomic E-state index is 5.67. The van der Waals surface area contributed by atoms with Crippen LogP contribution >= 0.6 is 22.6 Å². The Kier molecular flexibility index (Phi) is 2.36. The zero-order valence-corrected chi connectivity index (χ0v) is 9.71. The standard InChI is InChI=1S/C10H13IN2/c1-6-4-10(6)13-9-3-2-7(12)5-8(9)11/h2-3,5-6,10,13H,4,12H2,1H3. The van der Waals surface area contributed by atoms with Crippen molar-refractivity contribution in [1.82, 2.24) is 0 Å². The summed E-state index contributed by atoms with van der Waals surface area (Å²) in [6.45, 7) is 2.27. The first-order valence-corrected chi connectivity index (χ1v) is 5.56. The maximum Gasteiger partial charge on any atom is 0.0479 e. The normalized spacial score (nSPS) is 25.7. The molecule has 1 aliphatic rings. The summed E-state index contributed by atoms with van der Waals surface area (Å²) in [5, 5.41) is 3.50. The van der Waals surface area contributed by atoms with Gasteiger partial charge in [0.2, 0.25) is 0 Å². The Balaban J connectivity index is 2.11. The number of benzene rings is 1. The van der Waals surface area contributed by atoms with E-state index in [-0.39, 0.29) is 0 Å². The number of nitrogens with one attached hydrogen (secondary N) is 1. The van der Waals surface area contributed by atoms with Crippen LogP contribution in [0, 0.1) is 9.49 Å². The van der Waals surface area contributed by atoms with Gasteiger partial charge in [-0.25, -0.2) is 0 Å². The molecule has 1 aliphatic carbocycles. The van der Waals surface area contributed by atoms with Gasteiger partial charge in [-0.2, -0.15) is 0 Å². The third-order valence-electron chi connectivity index (χ3n) is 2.44. The second kappa shape index (κ2) is 3.36. The van der Waals surface area contributed by atoms with Gasteiger partial charge in [0.25, 0.3) is 0 Å². The van der Waals surface area contributed by atoms with Crippen molar-refractivity contribution in [2.45, 2.75) is 19.4 Å². The van der Waals surface area contributed by atoms with E-state index in [0.717, 1.165) is 11.6 Å². The van der Waals surface area contributed by atoms with Gasteiger partial charge in [0.1, 0.15) is 0 Å². The van der Waals surface area contributed by atoms with Gasteiger partial charge in [-0.3, -0.25) is 0 Å². The van der Waals surface area contributed by atoms with Crippen molar-refractivity contribution in [2.75, 3.05) is 11.1 Å². The molecule has 3 N–H and O–H groups in total. The summed E-state index contributed by atoms with van der Waals surface area (Å²) in [4.78, 5) is 0. The maximum atomic E-state index is 5.67. The number of nitrogens with two attached hydrogens (primary N) is 1. The molecule has 2 nitrogen and oxygen atoms in total. The summed E-state index contributed by atoms with van der Waals surface area (Å²) >= 11 is 2.31. The molecule has 0 bridgehead atoms. The fourth-order valence-electron chi connectivity index (χ4n) is 1.37. The lowest BCUT2D eigenvalue weighted by Gasteiger charge is -2.07. The Hall–Kier alpha value is -0.450. The van der Waals surface area contributed by atoms with Gasteiger partial charge in [0.15, 0.2) is 0 Å². The highest BCUT2D eigenvalue weighted by Crippen LogP contribution is 2.34. The van der Waals surface area contributed by atoms with Crippen LogP contribution in [0.15, 0.2) is 18.2 Å². The molecular weight excluding hydrogens is 275 g/mol. The van der Waals surface area contributed by atoms with Gasteiger partial charge in [0, 0.05) is 21.0 Å². The molecule has 0 amide bonds. The van der Waals surface area contributed by atoms with Crippen LogP contribution in [0.25, 0.3) is 0 Å². The summed E-state index contributed by atoms with van der Waals surface area (Å²) in [6.07, 6.45) is 1.29. The molecular formula is C10H13IN2. The molecule has 70 valence electrons. The Morgan fingerprint density at radius 1 is 1.54 bits per heavy atom. The highest BCUT2D eigenvalue weighted by Gasteiger charge is 2.32. The average Bonchev–Trinajstić information content (AvgIpc) is 2.73. The predicted molar refractivity (Wildman–Crippen MR) is 64.8 cm³/mol. The Labute approximate surface area is 92.0 Å². The fourth-order valence-corrected chi connectivity index (χ4v) is 2.07. The van der Waals surface area contributed by atoms with Crippen LogP contribution in [0.2, 0.25) is 0 Å². The van der Waals surface area contributed by atoms with E-state index in [1.54, 1.807) is 0 Å².